The highest BCUT2D eigenvalue weighted by atomic mass is 16.5. The van der Waals surface area contributed by atoms with Crippen LogP contribution >= 0.6 is 0 Å². The third-order valence-electron chi connectivity index (χ3n) is 4.36. The summed E-state index contributed by atoms with van der Waals surface area (Å²) in [6, 6.07) is 4.04. The Morgan fingerprint density at radius 1 is 1.26 bits per heavy atom. The number of carbonyl (C=O) groups is 1. The highest BCUT2D eigenvalue weighted by Crippen LogP contribution is 2.15. The Hall–Kier alpha value is -2.21. The molecule has 1 amide bonds. The van der Waals surface area contributed by atoms with E-state index in [1.807, 2.05) is 31.0 Å². The first-order chi connectivity index (χ1) is 11.1. The van der Waals surface area contributed by atoms with Crippen LogP contribution in [-0.2, 0) is 17.8 Å². The van der Waals surface area contributed by atoms with E-state index in [-0.39, 0.29) is 5.91 Å². The molecule has 6 heteroatoms. The molecule has 3 heterocycles. The molecule has 0 saturated carbocycles. The van der Waals surface area contributed by atoms with Crippen LogP contribution in [0.5, 0.6) is 0 Å². The van der Waals surface area contributed by atoms with Crippen LogP contribution in [0.4, 0.5) is 0 Å². The van der Waals surface area contributed by atoms with Crippen molar-refractivity contribution in [3.63, 3.8) is 0 Å². The molecular weight excluding hydrogens is 292 g/mol. The summed E-state index contributed by atoms with van der Waals surface area (Å²) < 4.78 is 5.13. The Morgan fingerprint density at radius 2 is 2.04 bits per heavy atom. The molecule has 23 heavy (non-hydrogen) atoms. The van der Waals surface area contributed by atoms with Crippen LogP contribution in [0, 0.1) is 13.8 Å². The lowest BCUT2D eigenvalue weighted by Gasteiger charge is -2.34. The minimum Gasteiger partial charge on any atom is -0.361 e. The van der Waals surface area contributed by atoms with Crippen LogP contribution in [0.2, 0.25) is 0 Å². The number of pyridine rings is 1. The van der Waals surface area contributed by atoms with E-state index in [4.69, 9.17) is 4.52 Å². The zero-order valence-electron chi connectivity index (χ0n) is 13.7. The molecule has 122 valence electrons. The van der Waals surface area contributed by atoms with Crippen LogP contribution in [0.15, 0.2) is 29.0 Å². The van der Waals surface area contributed by atoms with Gasteiger partial charge in [-0.2, -0.15) is 0 Å². The molecule has 1 saturated heterocycles. The average molecular weight is 314 g/mol. The van der Waals surface area contributed by atoms with E-state index >= 15 is 0 Å². The molecule has 0 aromatic carbocycles. The van der Waals surface area contributed by atoms with Gasteiger partial charge in [0.15, 0.2) is 0 Å². The molecule has 1 fully saturated rings. The average Bonchev–Trinajstić information content (AvgIpc) is 2.88. The quantitative estimate of drug-likeness (QED) is 0.857. The summed E-state index contributed by atoms with van der Waals surface area (Å²) in [5.41, 5.74) is 2.95. The normalized spacial score (nSPS) is 15.8. The second-order valence-corrected chi connectivity index (χ2v) is 6.00. The number of nitrogens with zero attached hydrogens (tertiary/aromatic N) is 4. The first kappa shape index (κ1) is 15.7. The lowest BCUT2D eigenvalue weighted by atomic mass is 10.1. The maximum atomic E-state index is 12.5. The van der Waals surface area contributed by atoms with Crippen LogP contribution < -0.4 is 0 Å². The molecule has 0 bridgehead atoms. The lowest BCUT2D eigenvalue weighted by Crippen LogP contribution is -2.48. The van der Waals surface area contributed by atoms with E-state index < -0.39 is 0 Å². The van der Waals surface area contributed by atoms with Gasteiger partial charge in [-0.15, -0.1) is 0 Å². The van der Waals surface area contributed by atoms with E-state index in [1.54, 1.807) is 6.20 Å². The van der Waals surface area contributed by atoms with Gasteiger partial charge < -0.3 is 9.42 Å². The van der Waals surface area contributed by atoms with E-state index in [0.29, 0.717) is 6.42 Å². The van der Waals surface area contributed by atoms with Gasteiger partial charge in [-0.05, 0) is 25.5 Å². The number of amides is 1. The van der Waals surface area contributed by atoms with Gasteiger partial charge in [0.2, 0.25) is 5.91 Å². The molecule has 1 aliphatic heterocycles. The Balaban J connectivity index is 1.51. The molecule has 0 spiro atoms. The van der Waals surface area contributed by atoms with Gasteiger partial charge in [-0.1, -0.05) is 11.2 Å². The molecule has 3 rings (SSSR count). The van der Waals surface area contributed by atoms with Gasteiger partial charge in [0.05, 0.1) is 12.1 Å². The smallest absolute Gasteiger partial charge is 0.227 e. The van der Waals surface area contributed by atoms with E-state index in [0.717, 1.165) is 49.7 Å². The summed E-state index contributed by atoms with van der Waals surface area (Å²) in [4.78, 5) is 20.9. The molecule has 0 atom stereocenters. The monoisotopic (exact) mass is 314 g/mol. The summed E-state index contributed by atoms with van der Waals surface area (Å²) >= 11 is 0. The molecule has 0 N–H and O–H groups in total. The van der Waals surface area contributed by atoms with Crippen molar-refractivity contribution in [3.8, 4) is 0 Å². The first-order valence-electron chi connectivity index (χ1n) is 7.94. The molecule has 2 aromatic heterocycles. The van der Waals surface area contributed by atoms with Crippen LogP contribution in [0.3, 0.4) is 0 Å². The molecule has 0 radical (unpaired) electrons. The Labute approximate surface area is 136 Å². The van der Waals surface area contributed by atoms with Gasteiger partial charge in [0.25, 0.3) is 0 Å². The zero-order chi connectivity index (χ0) is 16.2. The minimum atomic E-state index is 0.153. The maximum Gasteiger partial charge on any atom is 0.227 e. The van der Waals surface area contributed by atoms with Crippen molar-refractivity contribution in [2.75, 3.05) is 26.2 Å². The van der Waals surface area contributed by atoms with E-state index in [9.17, 15) is 4.79 Å². The SMILES string of the molecule is Cc1noc(C)c1CC(=O)N1CCN(Cc2cccnc2)CC1. The standard InChI is InChI=1S/C17H22N4O2/c1-13-16(14(2)23-19-13)10-17(22)21-8-6-20(7-9-21)12-15-4-3-5-18-11-15/h3-5,11H,6-10,12H2,1-2H3. The van der Waals surface area contributed by atoms with E-state index in [2.05, 4.69) is 21.1 Å². The van der Waals surface area contributed by atoms with Crippen LogP contribution in [0.1, 0.15) is 22.6 Å². The number of hydrogen-bond donors (Lipinski definition) is 0. The minimum absolute atomic E-state index is 0.153. The van der Waals surface area contributed by atoms with Crippen molar-refractivity contribution in [1.82, 2.24) is 19.9 Å². The number of rotatable bonds is 4. The number of carbonyl (C=O) groups excluding carboxylic acids is 1. The number of hydrogen-bond acceptors (Lipinski definition) is 5. The maximum absolute atomic E-state index is 12.5. The van der Waals surface area contributed by atoms with Crippen molar-refractivity contribution >= 4 is 5.91 Å². The number of aryl methyl sites for hydroxylation is 2. The summed E-state index contributed by atoms with van der Waals surface area (Å²) in [5.74, 6) is 0.895. The molecule has 0 unspecified atom stereocenters. The number of aromatic nitrogens is 2. The molecule has 6 nitrogen and oxygen atoms in total. The third kappa shape index (κ3) is 3.76. The fourth-order valence-corrected chi connectivity index (χ4v) is 2.92. The summed E-state index contributed by atoms with van der Waals surface area (Å²) in [6.07, 6.45) is 4.06. The van der Waals surface area contributed by atoms with E-state index in [1.165, 1.54) is 5.56 Å². The summed E-state index contributed by atoms with van der Waals surface area (Å²) in [6.45, 7) is 7.94. The van der Waals surface area contributed by atoms with Crippen molar-refractivity contribution < 1.29 is 9.32 Å². The Morgan fingerprint density at radius 3 is 2.65 bits per heavy atom. The van der Waals surface area contributed by atoms with Crippen molar-refractivity contribution in [2.45, 2.75) is 26.8 Å². The predicted molar refractivity (Wildman–Crippen MR) is 85.8 cm³/mol. The van der Waals surface area contributed by atoms with Crippen molar-refractivity contribution in [1.29, 1.82) is 0 Å². The second kappa shape index (κ2) is 6.91. The fourth-order valence-electron chi connectivity index (χ4n) is 2.92. The molecule has 1 aliphatic rings. The summed E-state index contributed by atoms with van der Waals surface area (Å²) in [5, 5.41) is 3.91. The van der Waals surface area contributed by atoms with Crippen molar-refractivity contribution in [3.05, 3.63) is 47.1 Å². The first-order valence-corrected chi connectivity index (χ1v) is 7.94. The molecule has 2 aromatic rings. The van der Waals surface area contributed by atoms with Gasteiger partial charge in [0.1, 0.15) is 5.76 Å². The highest BCUT2D eigenvalue weighted by molar-refractivity contribution is 5.79. The van der Waals surface area contributed by atoms with Gasteiger partial charge in [-0.25, -0.2) is 0 Å². The summed E-state index contributed by atoms with van der Waals surface area (Å²) in [7, 11) is 0. The Kier molecular flexibility index (Phi) is 4.71. The molecule has 0 aliphatic carbocycles. The third-order valence-corrected chi connectivity index (χ3v) is 4.36. The fraction of sp³-hybridized carbons (Fsp3) is 0.471. The van der Waals surface area contributed by atoms with Gasteiger partial charge in [-0.3, -0.25) is 14.7 Å². The van der Waals surface area contributed by atoms with Gasteiger partial charge in [0, 0.05) is 50.7 Å². The number of piperazine rings is 1. The topological polar surface area (TPSA) is 62.5 Å². The highest BCUT2D eigenvalue weighted by Gasteiger charge is 2.23. The van der Waals surface area contributed by atoms with Crippen molar-refractivity contribution in [2.24, 2.45) is 0 Å². The lowest BCUT2D eigenvalue weighted by molar-refractivity contribution is -0.132. The Bertz CT molecular complexity index is 641. The molecular formula is C17H22N4O2. The van der Waals surface area contributed by atoms with Crippen LogP contribution in [-0.4, -0.2) is 52.0 Å². The van der Waals surface area contributed by atoms with Gasteiger partial charge >= 0.3 is 0 Å². The largest absolute Gasteiger partial charge is 0.361 e. The predicted octanol–water partition coefficient (Wildman–Crippen LogP) is 1.57. The zero-order valence-corrected chi connectivity index (χ0v) is 13.7. The second-order valence-electron chi connectivity index (χ2n) is 6.00. The van der Waals surface area contributed by atoms with Crippen LogP contribution in [0.25, 0.3) is 0 Å².